The quantitative estimate of drug-likeness (QED) is 0.756. The van der Waals surface area contributed by atoms with Crippen molar-refractivity contribution in [3.63, 3.8) is 0 Å². The Kier molecular flexibility index (Phi) is 6.06. The number of rotatable bonds is 7. The van der Waals surface area contributed by atoms with Crippen LogP contribution in [0.2, 0.25) is 0 Å². The molecule has 19 heavy (non-hydrogen) atoms. The molecule has 0 radical (unpaired) electrons. The number of likely N-dealkylation sites (N-methyl/N-ethyl adjacent to an activating group) is 1. The molecule has 1 aromatic rings. The number of hydrogen-bond donors (Lipinski definition) is 0. The van der Waals surface area contributed by atoms with Crippen LogP contribution in [0.3, 0.4) is 0 Å². The fourth-order valence-electron chi connectivity index (χ4n) is 1.72. The van der Waals surface area contributed by atoms with Gasteiger partial charge in [-0.1, -0.05) is 12.1 Å². The molecule has 0 aliphatic carbocycles. The first-order valence-electron chi connectivity index (χ1n) is 6.39. The summed E-state index contributed by atoms with van der Waals surface area (Å²) in [5.74, 6) is 0.885. The number of amides is 1. The number of ketones is 1. The summed E-state index contributed by atoms with van der Waals surface area (Å²) >= 11 is 0. The molecular weight excluding hydrogens is 242 g/mol. The lowest BCUT2D eigenvalue weighted by Gasteiger charge is -2.17. The molecule has 0 saturated carbocycles. The SMILES string of the molecule is COc1cccc(CCN(C)C(=O)CCC(C)=O)c1. The Hall–Kier alpha value is -1.84. The van der Waals surface area contributed by atoms with Gasteiger partial charge in [0.15, 0.2) is 0 Å². The van der Waals surface area contributed by atoms with Gasteiger partial charge in [-0.05, 0) is 31.0 Å². The summed E-state index contributed by atoms with van der Waals surface area (Å²) < 4.78 is 5.16. The fourth-order valence-corrected chi connectivity index (χ4v) is 1.72. The van der Waals surface area contributed by atoms with Gasteiger partial charge in [0.05, 0.1) is 7.11 Å². The van der Waals surface area contributed by atoms with Gasteiger partial charge >= 0.3 is 0 Å². The molecule has 0 aliphatic heterocycles. The monoisotopic (exact) mass is 263 g/mol. The van der Waals surface area contributed by atoms with Crippen molar-refractivity contribution in [2.75, 3.05) is 20.7 Å². The predicted molar refractivity (Wildman–Crippen MR) is 74.3 cm³/mol. The Labute approximate surface area is 114 Å². The summed E-state index contributed by atoms with van der Waals surface area (Å²) in [6, 6.07) is 7.81. The molecule has 0 fully saturated rings. The van der Waals surface area contributed by atoms with Crippen molar-refractivity contribution >= 4 is 11.7 Å². The highest BCUT2D eigenvalue weighted by Crippen LogP contribution is 2.13. The highest BCUT2D eigenvalue weighted by Gasteiger charge is 2.09. The van der Waals surface area contributed by atoms with Gasteiger partial charge in [0.1, 0.15) is 11.5 Å². The first-order valence-corrected chi connectivity index (χ1v) is 6.39. The van der Waals surface area contributed by atoms with Gasteiger partial charge in [-0.15, -0.1) is 0 Å². The standard InChI is InChI=1S/C15H21NO3/c1-12(17)7-8-15(18)16(2)10-9-13-5-4-6-14(11-13)19-3/h4-6,11H,7-10H2,1-3H3. The molecule has 0 heterocycles. The molecule has 0 spiro atoms. The van der Waals surface area contributed by atoms with E-state index in [4.69, 9.17) is 4.74 Å². The summed E-state index contributed by atoms with van der Waals surface area (Å²) in [4.78, 5) is 24.2. The molecule has 1 rings (SSSR count). The second-order valence-corrected chi connectivity index (χ2v) is 4.62. The van der Waals surface area contributed by atoms with Crippen LogP contribution >= 0.6 is 0 Å². The summed E-state index contributed by atoms with van der Waals surface area (Å²) in [5.41, 5.74) is 1.13. The largest absolute Gasteiger partial charge is 0.497 e. The first kappa shape index (κ1) is 15.2. The number of methoxy groups -OCH3 is 1. The van der Waals surface area contributed by atoms with E-state index in [-0.39, 0.29) is 11.7 Å². The number of ether oxygens (including phenoxy) is 1. The Balaban J connectivity index is 2.42. The molecule has 0 aliphatic rings. The van der Waals surface area contributed by atoms with Gasteiger partial charge in [0.25, 0.3) is 0 Å². The van der Waals surface area contributed by atoms with Crippen LogP contribution in [0.25, 0.3) is 0 Å². The van der Waals surface area contributed by atoms with E-state index >= 15 is 0 Å². The molecule has 4 heteroatoms. The lowest BCUT2D eigenvalue weighted by molar-refractivity contribution is -0.131. The van der Waals surface area contributed by atoms with Crippen molar-refractivity contribution in [3.8, 4) is 5.75 Å². The second-order valence-electron chi connectivity index (χ2n) is 4.62. The third kappa shape index (κ3) is 5.55. The fraction of sp³-hybridized carbons (Fsp3) is 0.467. The van der Waals surface area contributed by atoms with Crippen molar-refractivity contribution in [1.82, 2.24) is 4.90 Å². The lowest BCUT2D eigenvalue weighted by atomic mass is 10.1. The van der Waals surface area contributed by atoms with Gasteiger partial charge in [-0.3, -0.25) is 4.79 Å². The Morgan fingerprint density at radius 1 is 1.26 bits per heavy atom. The maximum absolute atomic E-state index is 11.7. The van der Waals surface area contributed by atoms with Crippen molar-refractivity contribution in [3.05, 3.63) is 29.8 Å². The van der Waals surface area contributed by atoms with Crippen LogP contribution in [-0.2, 0) is 16.0 Å². The minimum absolute atomic E-state index is 0.0121. The van der Waals surface area contributed by atoms with E-state index in [1.165, 1.54) is 6.92 Å². The minimum Gasteiger partial charge on any atom is -0.497 e. The van der Waals surface area contributed by atoms with Gasteiger partial charge in [0.2, 0.25) is 5.91 Å². The van der Waals surface area contributed by atoms with Gasteiger partial charge in [0, 0.05) is 26.4 Å². The molecule has 0 aromatic heterocycles. The van der Waals surface area contributed by atoms with Crippen molar-refractivity contribution in [2.24, 2.45) is 0 Å². The van der Waals surface area contributed by atoms with E-state index in [0.717, 1.165) is 17.7 Å². The predicted octanol–water partition coefficient (Wildman–Crippen LogP) is 2.07. The van der Waals surface area contributed by atoms with E-state index < -0.39 is 0 Å². The topological polar surface area (TPSA) is 46.6 Å². The molecule has 1 aromatic carbocycles. The molecule has 0 saturated heterocycles. The highest BCUT2D eigenvalue weighted by atomic mass is 16.5. The van der Waals surface area contributed by atoms with E-state index in [9.17, 15) is 9.59 Å². The van der Waals surface area contributed by atoms with Crippen molar-refractivity contribution < 1.29 is 14.3 Å². The maximum atomic E-state index is 11.7. The summed E-state index contributed by atoms with van der Waals surface area (Å²) in [6.07, 6.45) is 1.39. The maximum Gasteiger partial charge on any atom is 0.222 e. The molecule has 4 nitrogen and oxygen atoms in total. The summed E-state index contributed by atoms with van der Waals surface area (Å²) in [6.45, 7) is 2.15. The highest BCUT2D eigenvalue weighted by molar-refractivity contribution is 5.83. The van der Waals surface area contributed by atoms with Gasteiger partial charge in [-0.25, -0.2) is 0 Å². The summed E-state index contributed by atoms with van der Waals surface area (Å²) in [5, 5.41) is 0. The number of nitrogens with zero attached hydrogens (tertiary/aromatic N) is 1. The van der Waals surface area contributed by atoms with Crippen LogP contribution < -0.4 is 4.74 Å². The van der Waals surface area contributed by atoms with Gasteiger partial charge < -0.3 is 14.4 Å². The zero-order chi connectivity index (χ0) is 14.3. The van der Waals surface area contributed by atoms with Crippen molar-refractivity contribution in [1.29, 1.82) is 0 Å². The van der Waals surface area contributed by atoms with Crippen LogP contribution in [0.5, 0.6) is 5.75 Å². The zero-order valence-corrected chi connectivity index (χ0v) is 11.8. The smallest absolute Gasteiger partial charge is 0.222 e. The second kappa shape index (κ2) is 7.56. The molecule has 1 amide bonds. The van der Waals surface area contributed by atoms with Crippen molar-refractivity contribution in [2.45, 2.75) is 26.2 Å². The number of carbonyl (C=O) groups excluding carboxylic acids is 2. The minimum atomic E-state index is 0.0121. The number of hydrogen-bond acceptors (Lipinski definition) is 3. The third-order valence-electron chi connectivity index (χ3n) is 2.99. The van der Waals surface area contributed by atoms with Crippen LogP contribution in [0, 0.1) is 0 Å². The van der Waals surface area contributed by atoms with Gasteiger partial charge in [-0.2, -0.15) is 0 Å². The average molecular weight is 263 g/mol. The molecule has 0 N–H and O–H groups in total. The average Bonchev–Trinajstić information content (AvgIpc) is 2.42. The first-order chi connectivity index (χ1) is 9.02. The van der Waals surface area contributed by atoms with Crippen LogP contribution in [0.4, 0.5) is 0 Å². The summed E-state index contributed by atoms with van der Waals surface area (Å²) in [7, 11) is 3.40. The number of Topliss-reactive ketones (excluding diaryl/α,β-unsaturated/α-hetero) is 1. The lowest BCUT2D eigenvalue weighted by Crippen LogP contribution is -2.28. The number of benzene rings is 1. The Bertz CT molecular complexity index is 443. The normalized spacial score (nSPS) is 10.1. The molecule has 104 valence electrons. The zero-order valence-electron chi connectivity index (χ0n) is 11.8. The van der Waals surface area contributed by atoms with E-state index in [1.807, 2.05) is 24.3 Å². The molecule has 0 unspecified atom stereocenters. The Morgan fingerprint density at radius 2 is 2.00 bits per heavy atom. The van der Waals surface area contributed by atoms with E-state index in [1.54, 1.807) is 19.1 Å². The molecule has 0 bridgehead atoms. The van der Waals surface area contributed by atoms with Crippen LogP contribution in [-0.4, -0.2) is 37.3 Å². The number of carbonyl (C=O) groups is 2. The molecule has 0 atom stereocenters. The third-order valence-corrected chi connectivity index (χ3v) is 2.99. The van der Waals surface area contributed by atoms with E-state index in [2.05, 4.69) is 0 Å². The van der Waals surface area contributed by atoms with Crippen LogP contribution in [0.1, 0.15) is 25.3 Å². The Morgan fingerprint density at radius 3 is 2.63 bits per heavy atom. The molecular formula is C15H21NO3. The van der Waals surface area contributed by atoms with Crippen LogP contribution in [0.15, 0.2) is 24.3 Å². The van der Waals surface area contributed by atoms with E-state index in [0.29, 0.717) is 19.4 Å².